The third kappa shape index (κ3) is 4.39. The van der Waals surface area contributed by atoms with Crippen LogP contribution in [0.5, 0.6) is 0 Å². The maximum absolute atomic E-state index is 11.6. The molecule has 2 nitrogen and oxygen atoms in total. The second kappa shape index (κ2) is 8.22. The van der Waals surface area contributed by atoms with E-state index in [9.17, 15) is 9.90 Å². The molecule has 0 fully saturated rings. The molecule has 0 aliphatic rings. The highest BCUT2D eigenvalue weighted by Gasteiger charge is 2.18. The molecule has 0 saturated heterocycles. The first-order valence-electron chi connectivity index (χ1n) is 6.55. The van der Waals surface area contributed by atoms with E-state index in [1.165, 1.54) is 23.8 Å². The molecule has 18 heavy (non-hydrogen) atoms. The van der Waals surface area contributed by atoms with E-state index in [4.69, 9.17) is 0 Å². The molecule has 0 aromatic carbocycles. The predicted octanol–water partition coefficient (Wildman–Crippen LogP) is 4.05. The highest BCUT2D eigenvalue weighted by atomic mass is 32.1. The van der Waals surface area contributed by atoms with Crippen LogP contribution < -0.4 is 0 Å². The first-order valence-corrected chi connectivity index (χ1v) is 7.43. The van der Waals surface area contributed by atoms with Gasteiger partial charge in [-0.25, -0.2) is 0 Å². The Labute approximate surface area is 113 Å². The normalized spacial score (nSPS) is 12.3. The van der Waals surface area contributed by atoms with Gasteiger partial charge in [-0.05, 0) is 29.5 Å². The van der Waals surface area contributed by atoms with Crippen molar-refractivity contribution in [2.24, 2.45) is 0 Å². The molecule has 0 spiro atoms. The lowest BCUT2D eigenvalue weighted by Gasteiger charge is -2.15. The number of thiophene rings is 1. The number of hydrogen-bond acceptors (Lipinski definition) is 3. The van der Waals surface area contributed by atoms with Crippen LogP contribution in [0.3, 0.4) is 0 Å². The quantitative estimate of drug-likeness (QED) is 0.541. The Morgan fingerprint density at radius 3 is 2.94 bits per heavy atom. The van der Waals surface area contributed by atoms with Gasteiger partial charge in [0.25, 0.3) is 0 Å². The first kappa shape index (κ1) is 15.1. The third-order valence-corrected chi connectivity index (χ3v) is 4.27. The predicted molar refractivity (Wildman–Crippen MR) is 76.9 cm³/mol. The molecule has 0 bridgehead atoms. The van der Waals surface area contributed by atoms with Crippen molar-refractivity contribution in [2.45, 2.75) is 51.6 Å². The van der Waals surface area contributed by atoms with Crippen molar-refractivity contribution in [3.8, 4) is 0 Å². The van der Waals surface area contributed by atoms with Crippen molar-refractivity contribution >= 4 is 17.1 Å². The van der Waals surface area contributed by atoms with Crippen LogP contribution in [0.25, 0.3) is 0 Å². The SMILES string of the molecule is C=CC(=O)CC(CCCCC)c1sccc1CO. The van der Waals surface area contributed by atoms with Gasteiger partial charge in [0.05, 0.1) is 6.61 Å². The number of aliphatic hydroxyl groups excluding tert-OH is 1. The summed E-state index contributed by atoms with van der Waals surface area (Å²) in [7, 11) is 0. The molecular formula is C15H22O2S. The summed E-state index contributed by atoms with van der Waals surface area (Å²) in [6, 6.07) is 1.95. The highest BCUT2D eigenvalue weighted by Crippen LogP contribution is 2.33. The smallest absolute Gasteiger partial charge is 0.155 e. The molecule has 1 N–H and O–H groups in total. The maximum Gasteiger partial charge on any atom is 0.155 e. The van der Waals surface area contributed by atoms with Gasteiger partial charge in [-0.15, -0.1) is 11.3 Å². The number of allylic oxidation sites excluding steroid dienone is 1. The van der Waals surface area contributed by atoms with Crippen LogP contribution >= 0.6 is 11.3 Å². The minimum absolute atomic E-state index is 0.0609. The van der Waals surface area contributed by atoms with E-state index in [1.54, 1.807) is 11.3 Å². The molecule has 1 aromatic heterocycles. The largest absolute Gasteiger partial charge is 0.392 e. The van der Waals surface area contributed by atoms with E-state index in [-0.39, 0.29) is 18.3 Å². The summed E-state index contributed by atoms with van der Waals surface area (Å²) in [5.41, 5.74) is 0.971. The lowest BCUT2D eigenvalue weighted by atomic mass is 9.92. The average molecular weight is 266 g/mol. The molecule has 1 aromatic rings. The van der Waals surface area contributed by atoms with E-state index in [0.717, 1.165) is 18.4 Å². The van der Waals surface area contributed by atoms with Gasteiger partial charge in [0, 0.05) is 17.2 Å². The number of carbonyl (C=O) groups excluding carboxylic acids is 1. The van der Waals surface area contributed by atoms with Crippen molar-refractivity contribution in [3.63, 3.8) is 0 Å². The lowest BCUT2D eigenvalue weighted by Crippen LogP contribution is -2.06. The van der Waals surface area contributed by atoms with Gasteiger partial charge in [-0.2, -0.15) is 0 Å². The number of unbranched alkanes of at least 4 members (excludes halogenated alkanes) is 2. The van der Waals surface area contributed by atoms with Crippen LogP contribution in [0.15, 0.2) is 24.1 Å². The summed E-state index contributed by atoms with van der Waals surface area (Å²) in [6.45, 7) is 5.77. The van der Waals surface area contributed by atoms with Crippen LogP contribution in [0.4, 0.5) is 0 Å². The summed E-state index contributed by atoms with van der Waals surface area (Å²) in [5, 5.41) is 11.3. The van der Waals surface area contributed by atoms with Gasteiger partial charge >= 0.3 is 0 Å². The minimum atomic E-state index is 0.0609. The van der Waals surface area contributed by atoms with E-state index in [2.05, 4.69) is 13.5 Å². The van der Waals surface area contributed by atoms with Crippen LogP contribution in [-0.4, -0.2) is 10.9 Å². The molecule has 3 heteroatoms. The zero-order chi connectivity index (χ0) is 13.4. The molecule has 0 saturated carbocycles. The van der Waals surface area contributed by atoms with E-state index >= 15 is 0 Å². The van der Waals surface area contributed by atoms with Gasteiger partial charge in [0.2, 0.25) is 0 Å². The molecule has 0 radical (unpaired) electrons. The van der Waals surface area contributed by atoms with Crippen molar-refractivity contribution in [2.75, 3.05) is 0 Å². The molecular weight excluding hydrogens is 244 g/mol. The first-order chi connectivity index (χ1) is 8.72. The monoisotopic (exact) mass is 266 g/mol. The maximum atomic E-state index is 11.6. The minimum Gasteiger partial charge on any atom is -0.392 e. The molecule has 0 aliphatic carbocycles. The standard InChI is InChI=1S/C15H22O2S/c1-3-5-6-7-12(10-14(17)4-2)15-13(11-16)8-9-18-15/h4,8-9,12,16H,2-3,5-7,10-11H2,1H3. The Morgan fingerprint density at radius 2 is 2.33 bits per heavy atom. The fraction of sp³-hybridized carbons (Fsp3) is 0.533. The average Bonchev–Trinajstić information content (AvgIpc) is 2.85. The summed E-state index contributed by atoms with van der Waals surface area (Å²) in [5.74, 6) is 0.331. The molecule has 1 heterocycles. The van der Waals surface area contributed by atoms with Gasteiger partial charge in [0.15, 0.2) is 5.78 Å². The van der Waals surface area contributed by atoms with Crippen molar-refractivity contribution < 1.29 is 9.90 Å². The summed E-state index contributed by atoms with van der Waals surface area (Å²) >= 11 is 1.65. The molecule has 1 rings (SSSR count). The molecule has 1 atom stereocenters. The number of carbonyl (C=O) groups is 1. The summed E-state index contributed by atoms with van der Waals surface area (Å²) in [6.07, 6.45) is 6.44. The van der Waals surface area contributed by atoms with Gasteiger partial charge in [0.1, 0.15) is 0 Å². The van der Waals surface area contributed by atoms with E-state index < -0.39 is 0 Å². The topological polar surface area (TPSA) is 37.3 Å². The fourth-order valence-electron chi connectivity index (χ4n) is 2.13. The second-order valence-electron chi connectivity index (χ2n) is 4.54. The zero-order valence-corrected chi connectivity index (χ0v) is 11.8. The Hall–Kier alpha value is -0.930. The Kier molecular flexibility index (Phi) is 6.91. The Morgan fingerprint density at radius 1 is 1.56 bits per heavy atom. The van der Waals surface area contributed by atoms with Gasteiger partial charge in [-0.1, -0.05) is 32.8 Å². The number of rotatable bonds is 9. The number of hydrogen-bond donors (Lipinski definition) is 1. The van der Waals surface area contributed by atoms with E-state index in [0.29, 0.717) is 6.42 Å². The number of ketones is 1. The molecule has 100 valence electrons. The number of aliphatic hydroxyl groups is 1. The van der Waals surface area contributed by atoms with Gasteiger partial charge in [-0.3, -0.25) is 4.79 Å². The van der Waals surface area contributed by atoms with Crippen molar-refractivity contribution in [1.29, 1.82) is 0 Å². The Bertz CT molecular complexity index is 382. The zero-order valence-electron chi connectivity index (χ0n) is 11.0. The Balaban J connectivity index is 2.75. The lowest BCUT2D eigenvalue weighted by molar-refractivity contribution is -0.115. The van der Waals surface area contributed by atoms with Crippen molar-refractivity contribution in [1.82, 2.24) is 0 Å². The highest BCUT2D eigenvalue weighted by molar-refractivity contribution is 7.10. The van der Waals surface area contributed by atoms with Crippen LogP contribution in [0, 0.1) is 0 Å². The molecule has 0 amide bonds. The summed E-state index contributed by atoms with van der Waals surface area (Å²) in [4.78, 5) is 12.7. The van der Waals surface area contributed by atoms with Crippen LogP contribution in [-0.2, 0) is 11.4 Å². The molecule has 0 aliphatic heterocycles. The van der Waals surface area contributed by atoms with E-state index in [1.807, 2.05) is 11.4 Å². The fourth-order valence-corrected chi connectivity index (χ4v) is 3.19. The van der Waals surface area contributed by atoms with Crippen molar-refractivity contribution in [3.05, 3.63) is 34.5 Å². The van der Waals surface area contributed by atoms with Crippen LogP contribution in [0.1, 0.15) is 55.4 Å². The van der Waals surface area contributed by atoms with Crippen LogP contribution in [0.2, 0.25) is 0 Å². The molecule has 1 unspecified atom stereocenters. The second-order valence-corrected chi connectivity index (χ2v) is 5.48. The van der Waals surface area contributed by atoms with Gasteiger partial charge < -0.3 is 5.11 Å². The summed E-state index contributed by atoms with van der Waals surface area (Å²) < 4.78 is 0. The third-order valence-electron chi connectivity index (χ3n) is 3.15.